The Kier molecular flexibility index (Phi) is 1.68. The largest absolute Gasteiger partial charge is 0.481 e. The molecule has 3 rings (SSSR count). The molecule has 4 heteroatoms. The molecule has 0 spiro atoms. The highest BCUT2D eigenvalue weighted by atomic mass is 16.6. The zero-order valence-electron chi connectivity index (χ0n) is 8.21. The molecule has 0 amide bonds. The van der Waals surface area contributed by atoms with Crippen LogP contribution in [0.25, 0.3) is 0 Å². The maximum absolute atomic E-state index is 12.0. The SMILES string of the molecule is O=C1c2ccccc2C(=O)C2OC(O)=CC12. The van der Waals surface area contributed by atoms with Gasteiger partial charge >= 0.3 is 0 Å². The molecular formula is C12H8O4. The molecule has 1 aliphatic heterocycles. The van der Waals surface area contributed by atoms with Gasteiger partial charge in [0.1, 0.15) is 0 Å². The van der Waals surface area contributed by atoms with Gasteiger partial charge in [0, 0.05) is 17.2 Å². The van der Waals surface area contributed by atoms with Gasteiger partial charge in [-0.2, -0.15) is 0 Å². The van der Waals surface area contributed by atoms with Crippen LogP contribution in [0.15, 0.2) is 36.3 Å². The summed E-state index contributed by atoms with van der Waals surface area (Å²) in [6.07, 6.45) is 0.406. The number of fused-ring (bicyclic) bond motifs is 2. The van der Waals surface area contributed by atoms with Crippen LogP contribution in [0, 0.1) is 5.92 Å². The minimum atomic E-state index is -0.887. The van der Waals surface area contributed by atoms with E-state index in [1.807, 2.05) is 0 Å². The second-order valence-electron chi connectivity index (χ2n) is 3.84. The van der Waals surface area contributed by atoms with Crippen LogP contribution >= 0.6 is 0 Å². The van der Waals surface area contributed by atoms with Crippen LogP contribution < -0.4 is 0 Å². The molecule has 2 unspecified atom stereocenters. The van der Waals surface area contributed by atoms with Crippen molar-refractivity contribution >= 4 is 11.6 Å². The second kappa shape index (κ2) is 2.95. The van der Waals surface area contributed by atoms with Crippen molar-refractivity contribution in [3.8, 4) is 0 Å². The summed E-state index contributed by atoms with van der Waals surface area (Å²) in [5.74, 6) is -1.45. The Labute approximate surface area is 91.2 Å². The normalized spacial score (nSPS) is 26.9. The molecule has 2 aliphatic rings. The van der Waals surface area contributed by atoms with Crippen molar-refractivity contribution in [1.82, 2.24) is 0 Å². The first-order chi connectivity index (χ1) is 7.68. The summed E-state index contributed by atoms with van der Waals surface area (Å²) in [5.41, 5.74) is 0.778. The summed E-state index contributed by atoms with van der Waals surface area (Å²) in [4.78, 5) is 24.0. The van der Waals surface area contributed by atoms with Gasteiger partial charge < -0.3 is 9.84 Å². The number of benzene rings is 1. The Morgan fingerprint density at radius 1 is 1.06 bits per heavy atom. The fourth-order valence-electron chi connectivity index (χ4n) is 2.16. The van der Waals surface area contributed by atoms with Crippen molar-refractivity contribution in [2.45, 2.75) is 6.10 Å². The molecule has 16 heavy (non-hydrogen) atoms. The number of hydrogen-bond acceptors (Lipinski definition) is 4. The molecule has 1 aromatic rings. The lowest BCUT2D eigenvalue weighted by Crippen LogP contribution is -2.38. The summed E-state index contributed by atoms with van der Waals surface area (Å²) >= 11 is 0. The highest BCUT2D eigenvalue weighted by molar-refractivity contribution is 6.18. The van der Waals surface area contributed by atoms with Gasteiger partial charge in [0.25, 0.3) is 5.95 Å². The Bertz CT molecular complexity index is 530. The Hall–Kier alpha value is -2.10. The number of aliphatic hydroxyl groups is 1. The number of carbonyl (C=O) groups is 2. The van der Waals surface area contributed by atoms with Crippen LogP contribution in [0.3, 0.4) is 0 Å². The van der Waals surface area contributed by atoms with Gasteiger partial charge in [-0.25, -0.2) is 0 Å². The standard InChI is InChI=1S/C12H8O4/c13-9-5-8-10(14)6-3-1-2-4-7(6)11(15)12(8)16-9/h1-5,8,12-13H. The predicted octanol–water partition coefficient (Wildman–Crippen LogP) is 1.48. The van der Waals surface area contributed by atoms with Gasteiger partial charge in [-0.1, -0.05) is 24.3 Å². The molecule has 0 radical (unpaired) electrons. The summed E-state index contributed by atoms with van der Waals surface area (Å²) < 4.78 is 4.95. The van der Waals surface area contributed by atoms with Crippen LogP contribution in [0.5, 0.6) is 0 Å². The van der Waals surface area contributed by atoms with Crippen molar-refractivity contribution in [3.63, 3.8) is 0 Å². The summed E-state index contributed by atoms with van der Waals surface area (Å²) in [5, 5.41) is 9.21. The third-order valence-corrected chi connectivity index (χ3v) is 2.92. The monoisotopic (exact) mass is 216 g/mol. The van der Waals surface area contributed by atoms with Crippen LogP contribution in [0.2, 0.25) is 0 Å². The first-order valence-corrected chi connectivity index (χ1v) is 4.93. The number of aliphatic hydroxyl groups excluding tert-OH is 1. The Morgan fingerprint density at radius 2 is 1.69 bits per heavy atom. The zero-order valence-corrected chi connectivity index (χ0v) is 8.21. The van der Waals surface area contributed by atoms with E-state index in [4.69, 9.17) is 4.74 Å². The van der Waals surface area contributed by atoms with Crippen molar-refractivity contribution in [3.05, 3.63) is 47.4 Å². The molecule has 1 heterocycles. The third-order valence-electron chi connectivity index (χ3n) is 2.92. The quantitative estimate of drug-likeness (QED) is 0.713. The number of rotatable bonds is 0. The molecule has 4 nitrogen and oxygen atoms in total. The van der Waals surface area contributed by atoms with Crippen molar-refractivity contribution in [2.75, 3.05) is 0 Å². The maximum Gasteiger partial charge on any atom is 0.274 e. The van der Waals surface area contributed by atoms with Gasteiger partial charge in [-0.15, -0.1) is 0 Å². The molecule has 1 N–H and O–H groups in total. The van der Waals surface area contributed by atoms with E-state index in [9.17, 15) is 14.7 Å². The fourth-order valence-corrected chi connectivity index (χ4v) is 2.16. The van der Waals surface area contributed by atoms with Crippen LogP contribution in [0.4, 0.5) is 0 Å². The maximum atomic E-state index is 12.0. The van der Waals surface area contributed by atoms with Crippen molar-refractivity contribution in [1.29, 1.82) is 0 Å². The van der Waals surface area contributed by atoms with E-state index in [1.54, 1.807) is 24.3 Å². The van der Waals surface area contributed by atoms with E-state index in [2.05, 4.69) is 0 Å². The molecular weight excluding hydrogens is 208 g/mol. The van der Waals surface area contributed by atoms with Crippen molar-refractivity contribution < 1.29 is 19.4 Å². The molecule has 1 aromatic carbocycles. The molecule has 0 aromatic heterocycles. The number of ether oxygens (including phenoxy) is 1. The summed E-state index contributed by atoms with van der Waals surface area (Å²) in [7, 11) is 0. The summed E-state index contributed by atoms with van der Waals surface area (Å²) in [6, 6.07) is 6.63. The second-order valence-corrected chi connectivity index (χ2v) is 3.84. The number of carbonyl (C=O) groups excluding carboxylic acids is 2. The first kappa shape index (κ1) is 9.15. The molecule has 0 fully saturated rings. The highest BCUT2D eigenvalue weighted by Gasteiger charge is 2.45. The van der Waals surface area contributed by atoms with Crippen LogP contribution in [0.1, 0.15) is 20.7 Å². The van der Waals surface area contributed by atoms with Crippen molar-refractivity contribution in [2.24, 2.45) is 5.92 Å². The van der Waals surface area contributed by atoms with E-state index in [-0.39, 0.29) is 17.5 Å². The van der Waals surface area contributed by atoms with Gasteiger partial charge in [-0.05, 0) is 0 Å². The molecule has 0 bridgehead atoms. The number of Topliss-reactive ketones (excluding diaryl/α,β-unsaturated/α-hetero) is 2. The first-order valence-electron chi connectivity index (χ1n) is 4.93. The third kappa shape index (κ3) is 1.04. The van der Waals surface area contributed by atoms with E-state index in [0.29, 0.717) is 11.1 Å². The fraction of sp³-hybridized carbons (Fsp3) is 0.167. The topological polar surface area (TPSA) is 63.6 Å². The molecule has 0 saturated heterocycles. The van der Waals surface area contributed by atoms with E-state index in [1.165, 1.54) is 6.08 Å². The minimum absolute atomic E-state index is 0.177. The number of hydrogen-bond donors (Lipinski definition) is 1. The summed E-state index contributed by atoms with van der Waals surface area (Å²) in [6.45, 7) is 0. The lowest BCUT2D eigenvalue weighted by atomic mass is 9.80. The number of ketones is 2. The zero-order chi connectivity index (χ0) is 11.3. The minimum Gasteiger partial charge on any atom is -0.481 e. The van der Waals surface area contributed by atoms with E-state index in [0.717, 1.165) is 0 Å². The van der Waals surface area contributed by atoms with Gasteiger partial charge in [0.15, 0.2) is 11.9 Å². The highest BCUT2D eigenvalue weighted by Crippen LogP contribution is 2.33. The van der Waals surface area contributed by atoms with Gasteiger partial charge in [0.05, 0.1) is 5.92 Å². The Morgan fingerprint density at radius 3 is 2.38 bits per heavy atom. The molecule has 1 aliphatic carbocycles. The van der Waals surface area contributed by atoms with Gasteiger partial charge in [0.2, 0.25) is 5.78 Å². The average molecular weight is 216 g/mol. The Balaban J connectivity index is 2.18. The predicted molar refractivity (Wildman–Crippen MR) is 54.2 cm³/mol. The average Bonchev–Trinajstić information content (AvgIpc) is 2.68. The van der Waals surface area contributed by atoms with Gasteiger partial charge in [-0.3, -0.25) is 9.59 Å². The molecule has 0 saturated carbocycles. The molecule has 80 valence electrons. The van der Waals surface area contributed by atoms with E-state index >= 15 is 0 Å². The molecule has 2 atom stereocenters. The smallest absolute Gasteiger partial charge is 0.274 e. The van der Waals surface area contributed by atoms with Crippen LogP contribution in [-0.2, 0) is 4.74 Å². The van der Waals surface area contributed by atoms with E-state index < -0.39 is 12.0 Å². The lowest BCUT2D eigenvalue weighted by molar-refractivity contribution is 0.0315. The lowest BCUT2D eigenvalue weighted by Gasteiger charge is -2.23. The van der Waals surface area contributed by atoms with Crippen LogP contribution in [-0.4, -0.2) is 22.8 Å².